The summed E-state index contributed by atoms with van der Waals surface area (Å²) in [5.74, 6) is -0.372. The van der Waals surface area contributed by atoms with E-state index in [1.54, 1.807) is 29.2 Å². The highest BCUT2D eigenvalue weighted by Gasteiger charge is 2.21. The SMILES string of the molecule is O=C(Cn1nc(-c2ccncc2)cc1Cc1ccc(F)cc1)NC1CCC(O)CC1. The number of nitrogens with one attached hydrogen (secondary N) is 1. The molecule has 30 heavy (non-hydrogen) atoms. The third kappa shape index (κ3) is 5.10. The molecule has 2 aromatic heterocycles. The molecule has 2 heterocycles. The Labute approximate surface area is 174 Å². The molecule has 1 amide bonds. The minimum absolute atomic E-state index is 0.0941. The summed E-state index contributed by atoms with van der Waals surface area (Å²) >= 11 is 0. The second-order valence-electron chi connectivity index (χ2n) is 7.79. The van der Waals surface area contributed by atoms with Crippen molar-refractivity contribution in [1.82, 2.24) is 20.1 Å². The van der Waals surface area contributed by atoms with Crippen molar-refractivity contribution in [2.45, 2.75) is 50.8 Å². The molecule has 0 unspecified atom stereocenters. The third-order valence-electron chi connectivity index (χ3n) is 5.49. The fraction of sp³-hybridized carbons (Fsp3) is 0.348. The second-order valence-corrected chi connectivity index (χ2v) is 7.79. The van der Waals surface area contributed by atoms with Crippen molar-refractivity contribution < 1.29 is 14.3 Å². The summed E-state index contributed by atoms with van der Waals surface area (Å²) in [6.07, 6.45) is 6.71. The Morgan fingerprint density at radius 1 is 1.10 bits per heavy atom. The van der Waals surface area contributed by atoms with Gasteiger partial charge in [0.05, 0.1) is 11.8 Å². The van der Waals surface area contributed by atoms with Crippen LogP contribution in [0.15, 0.2) is 54.9 Å². The first-order chi connectivity index (χ1) is 14.6. The van der Waals surface area contributed by atoms with Crippen LogP contribution in [-0.2, 0) is 17.8 Å². The van der Waals surface area contributed by atoms with Gasteiger partial charge >= 0.3 is 0 Å². The van der Waals surface area contributed by atoms with Gasteiger partial charge in [0.2, 0.25) is 5.91 Å². The molecule has 2 N–H and O–H groups in total. The van der Waals surface area contributed by atoms with Crippen LogP contribution in [0.3, 0.4) is 0 Å². The smallest absolute Gasteiger partial charge is 0.241 e. The normalized spacial score (nSPS) is 18.9. The van der Waals surface area contributed by atoms with E-state index in [0.717, 1.165) is 35.4 Å². The standard InChI is InChI=1S/C23H25FN4O2/c24-18-3-1-16(2-4-18)13-20-14-22(17-9-11-25-12-10-17)27-28(20)15-23(30)26-19-5-7-21(29)8-6-19/h1-4,9-12,14,19,21,29H,5-8,13,15H2,(H,26,30). The number of hydrogen-bond donors (Lipinski definition) is 2. The Morgan fingerprint density at radius 3 is 2.50 bits per heavy atom. The molecule has 4 rings (SSSR count). The van der Waals surface area contributed by atoms with Crippen LogP contribution < -0.4 is 5.32 Å². The lowest BCUT2D eigenvalue weighted by Gasteiger charge is -2.26. The lowest BCUT2D eigenvalue weighted by molar-refractivity contribution is -0.123. The monoisotopic (exact) mass is 408 g/mol. The number of aliphatic hydroxyl groups is 1. The topological polar surface area (TPSA) is 80.0 Å². The molecule has 156 valence electrons. The van der Waals surface area contributed by atoms with Crippen molar-refractivity contribution >= 4 is 5.91 Å². The Kier molecular flexibility index (Phi) is 6.18. The molecule has 1 fully saturated rings. The average Bonchev–Trinajstić information content (AvgIpc) is 3.14. The van der Waals surface area contributed by atoms with Crippen molar-refractivity contribution in [3.63, 3.8) is 0 Å². The number of aliphatic hydroxyl groups excluding tert-OH is 1. The molecule has 1 aliphatic rings. The molecule has 3 aromatic rings. The zero-order valence-corrected chi connectivity index (χ0v) is 16.7. The largest absolute Gasteiger partial charge is 0.393 e. The molecule has 6 nitrogen and oxygen atoms in total. The number of aromatic nitrogens is 3. The summed E-state index contributed by atoms with van der Waals surface area (Å²) in [6.45, 7) is 0.112. The van der Waals surface area contributed by atoms with Crippen LogP contribution in [0.25, 0.3) is 11.3 Å². The molecule has 0 radical (unpaired) electrons. The summed E-state index contributed by atoms with van der Waals surface area (Å²) in [7, 11) is 0. The predicted molar refractivity (Wildman–Crippen MR) is 111 cm³/mol. The van der Waals surface area contributed by atoms with E-state index in [2.05, 4.69) is 15.4 Å². The van der Waals surface area contributed by atoms with Crippen LogP contribution in [0.2, 0.25) is 0 Å². The Bertz CT molecular complexity index is 980. The highest BCUT2D eigenvalue weighted by molar-refractivity contribution is 5.76. The maximum Gasteiger partial charge on any atom is 0.241 e. The first kappa shape index (κ1) is 20.2. The predicted octanol–water partition coefficient (Wildman–Crippen LogP) is 3.09. The van der Waals surface area contributed by atoms with Crippen molar-refractivity contribution in [3.05, 3.63) is 71.9 Å². The molecule has 7 heteroatoms. The lowest BCUT2D eigenvalue weighted by atomic mass is 9.93. The minimum Gasteiger partial charge on any atom is -0.393 e. The summed E-state index contributed by atoms with van der Waals surface area (Å²) in [6, 6.07) is 12.2. The zero-order chi connectivity index (χ0) is 20.9. The van der Waals surface area contributed by atoms with E-state index in [9.17, 15) is 14.3 Å². The first-order valence-corrected chi connectivity index (χ1v) is 10.3. The maximum absolute atomic E-state index is 13.3. The van der Waals surface area contributed by atoms with Gasteiger partial charge in [0, 0.05) is 36.1 Å². The molecular weight excluding hydrogens is 383 g/mol. The number of pyridine rings is 1. The van der Waals surface area contributed by atoms with Crippen LogP contribution >= 0.6 is 0 Å². The van der Waals surface area contributed by atoms with Gasteiger partial charge in [-0.2, -0.15) is 5.10 Å². The van der Waals surface area contributed by atoms with Gasteiger partial charge < -0.3 is 10.4 Å². The van der Waals surface area contributed by atoms with Crippen LogP contribution in [0.1, 0.15) is 36.9 Å². The molecule has 1 aromatic carbocycles. The Morgan fingerprint density at radius 2 is 1.80 bits per heavy atom. The number of hydrogen-bond acceptors (Lipinski definition) is 4. The maximum atomic E-state index is 13.3. The van der Waals surface area contributed by atoms with Gasteiger partial charge in [0.25, 0.3) is 0 Å². The summed E-state index contributed by atoms with van der Waals surface area (Å²) < 4.78 is 15.0. The summed E-state index contributed by atoms with van der Waals surface area (Å²) in [4.78, 5) is 16.7. The van der Waals surface area contributed by atoms with Crippen LogP contribution in [0, 0.1) is 5.82 Å². The van der Waals surface area contributed by atoms with Crippen LogP contribution in [0.5, 0.6) is 0 Å². The quantitative estimate of drug-likeness (QED) is 0.657. The number of nitrogens with zero attached hydrogens (tertiary/aromatic N) is 3. The molecule has 0 aliphatic heterocycles. The number of carbonyl (C=O) groups is 1. The molecule has 0 spiro atoms. The zero-order valence-electron chi connectivity index (χ0n) is 16.7. The van der Waals surface area contributed by atoms with Gasteiger partial charge in [-0.05, 0) is 61.6 Å². The number of halogens is 1. The number of amides is 1. The van der Waals surface area contributed by atoms with E-state index < -0.39 is 0 Å². The number of carbonyl (C=O) groups excluding carboxylic acids is 1. The van der Waals surface area contributed by atoms with Crippen LogP contribution in [-0.4, -0.2) is 37.9 Å². The van der Waals surface area contributed by atoms with Gasteiger partial charge in [-0.15, -0.1) is 0 Å². The molecular formula is C23H25FN4O2. The van der Waals surface area contributed by atoms with Gasteiger partial charge in [0.15, 0.2) is 0 Å². The fourth-order valence-corrected chi connectivity index (χ4v) is 3.84. The lowest BCUT2D eigenvalue weighted by Crippen LogP contribution is -2.40. The third-order valence-corrected chi connectivity index (χ3v) is 5.49. The Hall–Kier alpha value is -3.06. The van der Waals surface area contributed by atoms with Crippen molar-refractivity contribution in [2.24, 2.45) is 0 Å². The summed E-state index contributed by atoms with van der Waals surface area (Å²) in [5.41, 5.74) is 3.51. The van der Waals surface area contributed by atoms with Gasteiger partial charge in [-0.1, -0.05) is 12.1 Å². The number of benzene rings is 1. The van der Waals surface area contributed by atoms with E-state index >= 15 is 0 Å². The van der Waals surface area contributed by atoms with Gasteiger partial charge in [-0.25, -0.2) is 4.39 Å². The van der Waals surface area contributed by atoms with Gasteiger partial charge in [0.1, 0.15) is 12.4 Å². The molecule has 0 atom stereocenters. The van der Waals surface area contributed by atoms with E-state index in [-0.39, 0.29) is 30.4 Å². The molecule has 0 bridgehead atoms. The highest BCUT2D eigenvalue weighted by Crippen LogP contribution is 2.21. The molecule has 1 saturated carbocycles. The first-order valence-electron chi connectivity index (χ1n) is 10.3. The summed E-state index contributed by atoms with van der Waals surface area (Å²) in [5, 5.41) is 17.4. The van der Waals surface area contributed by atoms with E-state index in [0.29, 0.717) is 19.3 Å². The fourth-order valence-electron chi connectivity index (χ4n) is 3.84. The van der Waals surface area contributed by atoms with E-state index in [1.807, 2.05) is 18.2 Å². The Balaban J connectivity index is 1.52. The van der Waals surface area contributed by atoms with E-state index in [1.165, 1.54) is 12.1 Å². The average molecular weight is 408 g/mol. The van der Waals surface area contributed by atoms with Crippen molar-refractivity contribution in [2.75, 3.05) is 0 Å². The van der Waals surface area contributed by atoms with Crippen LogP contribution in [0.4, 0.5) is 4.39 Å². The minimum atomic E-state index is -0.276. The molecule has 1 aliphatic carbocycles. The van der Waals surface area contributed by atoms with E-state index in [4.69, 9.17) is 0 Å². The second kappa shape index (κ2) is 9.17. The highest BCUT2D eigenvalue weighted by atomic mass is 19.1. The molecule has 0 saturated heterocycles. The van der Waals surface area contributed by atoms with Gasteiger partial charge in [-0.3, -0.25) is 14.5 Å². The van der Waals surface area contributed by atoms with Crippen molar-refractivity contribution in [3.8, 4) is 11.3 Å². The number of rotatable bonds is 6. The van der Waals surface area contributed by atoms with Crippen molar-refractivity contribution in [1.29, 1.82) is 0 Å².